The summed E-state index contributed by atoms with van der Waals surface area (Å²) in [6.45, 7) is 0.673. The summed E-state index contributed by atoms with van der Waals surface area (Å²) >= 11 is 7.57. The van der Waals surface area contributed by atoms with E-state index >= 15 is 0 Å². The zero-order valence-electron chi connectivity index (χ0n) is 14.8. The maximum Gasteiger partial charge on any atom is 0.282 e. The number of anilines is 2. The van der Waals surface area contributed by atoms with E-state index in [0.717, 1.165) is 17.0 Å². The molecule has 4 nitrogen and oxygen atoms in total. The van der Waals surface area contributed by atoms with Crippen molar-refractivity contribution >= 4 is 51.7 Å². The first-order valence-corrected chi connectivity index (χ1v) is 10.2. The summed E-state index contributed by atoms with van der Waals surface area (Å²) in [7, 11) is 0. The number of rotatable bonds is 3. The van der Waals surface area contributed by atoms with Crippen LogP contribution >= 0.6 is 22.9 Å². The van der Waals surface area contributed by atoms with Crippen molar-refractivity contribution in [2.75, 3.05) is 16.3 Å². The van der Waals surface area contributed by atoms with Crippen LogP contribution < -0.4 is 9.80 Å². The normalized spacial score (nSPS) is 16.3. The molecule has 0 saturated carbocycles. The molecular weight excluding hydrogens is 392 g/mol. The van der Waals surface area contributed by atoms with Crippen molar-refractivity contribution in [2.24, 2.45) is 0 Å². The minimum atomic E-state index is -0.313. The Morgan fingerprint density at radius 2 is 1.79 bits per heavy atom. The fourth-order valence-corrected chi connectivity index (χ4v) is 4.78. The number of nitrogens with zero attached hydrogens (tertiary/aromatic N) is 2. The maximum atomic E-state index is 13.5. The number of hydrogen-bond acceptors (Lipinski definition) is 4. The Hall–Kier alpha value is -2.89. The highest BCUT2D eigenvalue weighted by atomic mass is 35.5. The Morgan fingerprint density at radius 3 is 2.57 bits per heavy atom. The van der Waals surface area contributed by atoms with Crippen LogP contribution in [0.1, 0.15) is 10.4 Å². The van der Waals surface area contributed by atoms with Crippen LogP contribution in [0, 0.1) is 0 Å². The van der Waals surface area contributed by atoms with E-state index in [-0.39, 0.29) is 11.8 Å². The number of hydrogen-bond donors (Lipinski definition) is 0. The standard InChI is InChI=1S/C22H15ClN2O2S/c23-15-6-3-7-16(13-15)25-21(26)19(18-9-4-12-28-18)20(22(25)27)24-11-10-14-5-1-2-8-17(14)24/h1-9,12-13H,10-11H2. The summed E-state index contributed by atoms with van der Waals surface area (Å²) in [5.74, 6) is -0.624. The second-order valence-corrected chi connectivity index (χ2v) is 8.04. The molecule has 0 atom stereocenters. The lowest BCUT2D eigenvalue weighted by atomic mass is 10.1. The van der Waals surface area contributed by atoms with Crippen molar-refractivity contribution < 1.29 is 9.59 Å². The fraction of sp³-hybridized carbons (Fsp3) is 0.0909. The van der Waals surface area contributed by atoms with Crippen molar-refractivity contribution in [3.05, 3.63) is 87.2 Å². The largest absolute Gasteiger partial charge is 0.336 e. The molecule has 6 heteroatoms. The summed E-state index contributed by atoms with van der Waals surface area (Å²) in [6, 6.07) is 18.6. The third kappa shape index (κ3) is 2.58. The highest BCUT2D eigenvalue weighted by Crippen LogP contribution is 2.41. The van der Waals surface area contributed by atoms with Gasteiger partial charge in [0.05, 0.1) is 11.3 Å². The van der Waals surface area contributed by atoms with Gasteiger partial charge in [0.1, 0.15) is 5.70 Å². The smallest absolute Gasteiger partial charge is 0.282 e. The van der Waals surface area contributed by atoms with Crippen LogP contribution in [0.2, 0.25) is 5.02 Å². The molecule has 0 fully saturated rings. The van der Waals surface area contributed by atoms with Gasteiger partial charge in [-0.2, -0.15) is 0 Å². The number of para-hydroxylation sites is 1. The molecule has 0 bridgehead atoms. The van der Waals surface area contributed by atoms with Gasteiger partial charge in [-0.15, -0.1) is 11.3 Å². The highest BCUT2D eigenvalue weighted by Gasteiger charge is 2.44. The number of carbonyl (C=O) groups is 2. The van der Waals surface area contributed by atoms with Gasteiger partial charge >= 0.3 is 0 Å². The third-order valence-electron chi connectivity index (χ3n) is 5.05. The molecule has 2 aliphatic heterocycles. The van der Waals surface area contributed by atoms with Crippen molar-refractivity contribution in [2.45, 2.75) is 6.42 Å². The predicted molar refractivity (Wildman–Crippen MR) is 113 cm³/mol. The van der Waals surface area contributed by atoms with Gasteiger partial charge in [0.25, 0.3) is 11.8 Å². The quantitative estimate of drug-likeness (QED) is 0.589. The number of thiophene rings is 1. The molecule has 2 amide bonds. The number of halogens is 1. The second-order valence-electron chi connectivity index (χ2n) is 6.66. The van der Waals surface area contributed by atoms with Gasteiger partial charge in [0.2, 0.25) is 0 Å². The number of amides is 2. The average molecular weight is 407 g/mol. The molecule has 0 saturated heterocycles. The molecule has 2 aliphatic rings. The van der Waals surface area contributed by atoms with Crippen molar-refractivity contribution in [3.8, 4) is 0 Å². The number of carbonyl (C=O) groups excluding carboxylic acids is 2. The van der Waals surface area contributed by atoms with E-state index in [1.807, 2.05) is 40.6 Å². The lowest BCUT2D eigenvalue weighted by molar-refractivity contribution is -0.120. The van der Waals surface area contributed by atoms with E-state index in [4.69, 9.17) is 11.6 Å². The van der Waals surface area contributed by atoms with E-state index in [1.54, 1.807) is 24.3 Å². The Balaban J connectivity index is 1.68. The summed E-state index contributed by atoms with van der Waals surface area (Å²) < 4.78 is 0. The van der Waals surface area contributed by atoms with Gasteiger partial charge in [-0.25, -0.2) is 4.90 Å². The van der Waals surface area contributed by atoms with Crippen LogP contribution in [0.15, 0.2) is 71.7 Å². The van der Waals surface area contributed by atoms with Gasteiger partial charge in [0.15, 0.2) is 0 Å². The first-order valence-electron chi connectivity index (χ1n) is 8.93. The topological polar surface area (TPSA) is 40.6 Å². The van der Waals surface area contributed by atoms with E-state index in [1.165, 1.54) is 21.8 Å². The van der Waals surface area contributed by atoms with Gasteiger partial charge in [-0.05, 0) is 47.7 Å². The fourth-order valence-electron chi connectivity index (χ4n) is 3.83. The summed E-state index contributed by atoms with van der Waals surface area (Å²) in [6.07, 6.45) is 0.843. The predicted octanol–water partition coefficient (Wildman–Crippen LogP) is 4.75. The van der Waals surface area contributed by atoms with Gasteiger partial charge < -0.3 is 4.90 Å². The minimum Gasteiger partial charge on any atom is -0.336 e. The Kier molecular flexibility index (Phi) is 4.07. The molecule has 0 unspecified atom stereocenters. The minimum absolute atomic E-state index is 0.311. The first kappa shape index (κ1) is 17.2. The van der Waals surface area contributed by atoms with Crippen molar-refractivity contribution in [1.29, 1.82) is 0 Å². The van der Waals surface area contributed by atoms with Crippen LogP contribution in [0.3, 0.4) is 0 Å². The lowest BCUT2D eigenvalue weighted by Gasteiger charge is -2.21. The van der Waals surface area contributed by atoms with E-state index in [0.29, 0.717) is 28.5 Å². The SMILES string of the molecule is O=C1C(c2cccs2)=C(N2CCc3ccccc32)C(=O)N1c1cccc(Cl)c1. The second kappa shape index (κ2) is 6.62. The van der Waals surface area contributed by atoms with Crippen molar-refractivity contribution in [3.63, 3.8) is 0 Å². The average Bonchev–Trinajstić information content (AvgIpc) is 3.40. The molecule has 0 aliphatic carbocycles. The zero-order valence-corrected chi connectivity index (χ0v) is 16.3. The molecule has 3 heterocycles. The van der Waals surface area contributed by atoms with E-state index in [9.17, 15) is 9.59 Å². The van der Waals surface area contributed by atoms with Gasteiger partial charge in [0, 0.05) is 22.1 Å². The lowest BCUT2D eigenvalue weighted by Crippen LogP contribution is -2.34. The number of imide groups is 1. The van der Waals surface area contributed by atoms with Crippen LogP contribution in [0.5, 0.6) is 0 Å². The summed E-state index contributed by atoms with van der Waals surface area (Å²) in [4.78, 5) is 30.9. The van der Waals surface area contributed by atoms with Gasteiger partial charge in [-0.3, -0.25) is 9.59 Å². The Labute approximate surface area is 171 Å². The highest BCUT2D eigenvalue weighted by molar-refractivity contribution is 7.11. The van der Waals surface area contributed by atoms with Crippen LogP contribution in [0.25, 0.3) is 5.57 Å². The monoisotopic (exact) mass is 406 g/mol. The third-order valence-corrected chi connectivity index (χ3v) is 6.17. The summed E-state index contributed by atoms with van der Waals surface area (Å²) in [5.41, 5.74) is 3.55. The van der Waals surface area contributed by atoms with E-state index < -0.39 is 0 Å². The van der Waals surface area contributed by atoms with Crippen LogP contribution in [-0.4, -0.2) is 18.4 Å². The number of fused-ring (bicyclic) bond motifs is 1. The molecule has 28 heavy (non-hydrogen) atoms. The molecule has 0 N–H and O–H groups in total. The Bertz CT molecular complexity index is 1140. The van der Waals surface area contributed by atoms with E-state index in [2.05, 4.69) is 6.07 Å². The molecule has 2 aromatic carbocycles. The zero-order chi connectivity index (χ0) is 19.3. The van der Waals surface area contributed by atoms with Crippen LogP contribution in [-0.2, 0) is 16.0 Å². The van der Waals surface area contributed by atoms with Crippen molar-refractivity contribution in [1.82, 2.24) is 0 Å². The molecule has 1 aromatic heterocycles. The molecule has 0 radical (unpaired) electrons. The van der Waals surface area contributed by atoms with Gasteiger partial charge in [-0.1, -0.05) is 41.9 Å². The molecule has 3 aromatic rings. The maximum absolute atomic E-state index is 13.5. The molecule has 0 spiro atoms. The molecule has 5 rings (SSSR count). The number of benzene rings is 2. The Morgan fingerprint density at radius 1 is 0.929 bits per heavy atom. The molecular formula is C22H15ClN2O2S. The first-order chi connectivity index (χ1) is 13.6. The van der Waals surface area contributed by atoms with Crippen LogP contribution in [0.4, 0.5) is 11.4 Å². The summed E-state index contributed by atoms with van der Waals surface area (Å²) in [5, 5.41) is 2.40. The molecule has 138 valence electrons.